The fraction of sp³-hybridized carbons (Fsp3) is 0.133. The van der Waals surface area contributed by atoms with Crippen molar-refractivity contribution < 1.29 is 5.21 Å². The first-order valence-electron chi connectivity index (χ1n) is 6.25. The predicted molar refractivity (Wildman–Crippen MR) is 87.5 cm³/mol. The lowest BCUT2D eigenvalue weighted by Gasteiger charge is -2.21. The fourth-order valence-corrected chi connectivity index (χ4v) is 2.52. The Morgan fingerprint density at radius 2 is 1.90 bits per heavy atom. The number of benzene rings is 2. The molecule has 0 unspecified atom stereocenters. The molecule has 0 amide bonds. The zero-order valence-electron chi connectivity index (χ0n) is 11.4. The molecule has 3 N–H and O–H groups in total. The highest BCUT2D eigenvalue weighted by Crippen LogP contribution is 2.28. The van der Waals surface area contributed by atoms with Crippen molar-refractivity contribution in [2.45, 2.75) is 6.54 Å². The van der Waals surface area contributed by atoms with Crippen LogP contribution in [0.5, 0.6) is 0 Å². The lowest BCUT2D eigenvalue weighted by Crippen LogP contribution is -2.18. The van der Waals surface area contributed by atoms with Crippen LogP contribution in [0.25, 0.3) is 0 Å². The summed E-state index contributed by atoms with van der Waals surface area (Å²) in [7, 11) is 1.92. The summed E-state index contributed by atoms with van der Waals surface area (Å²) in [5.74, 6) is 0.0252. The molecule has 0 fully saturated rings. The van der Waals surface area contributed by atoms with Crippen molar-refractivity contribution >= 4 is 34.7 Å². The van der Waals surface area contributed by atoms with E-state index in [9.17, 15) is 0 Å². The van der Waals surface area contributed by atoms with Gasteiger partial charge in [-0.1, -0.05) is 46.6 Å². The van der Waals surface area contributed by atoms with Gasteiger partial charge in [-0.05, 0) is 29.8 Å². The number of rotatable bonds is 4. The molecule has 21 heavy (non-hydrogen) atoms. The van der Waals surface area contributed by atoms with Crippen LogP contribution in [0.2, 0.25) is 10.0 Å². The smallest absolute Gasteiger partial charge is 0.170 e. The predicted octanol–water partition coefficient (Wildman–Crippen LogP) is 3.72. The van der Waals surface area contributed by atoms with Crippen molar-refractivity contribution in [3.63, 3.8) is 0 Å². The topological polar surface area (TPSA) is 61.8 Å². The van der Waals surface area contributed by atoms with E-state index < -0.39 is 0 Å². The average molecular weight is 324 g/mol. The van der Waals surface area contributed by atoms with E-state index >= 15 is 0 Å². The average Bonchev–Trinajstić information content (AvgIpc) is 2.48. The second kappa shape index (κ2) is 6.70. The Morgan fingerprint density at radius 3 is 2.52 bits per heavy atom. The third-order valence-corrected chi connectivity index (χ3v) is 3.80. The molecule has 4 nitrogen and oxygen atoms in total. The van der Waals surface area contributed by atoms with E-state index in [4.69, 9.17) is 34.1 Å². The molecule has 0 saturated heterocycles. The molecule has 0 saturated carbocycles. The molecule has 0 aliphatic rings. The highest BCUT2D eigenvalue weighted by molar-refractivity contribution is 6.33. The van der Waals surface area contributed by atoms with Crippen LogP contribution in [-0.4, -0.2) is 18.1 Å². The zero-order chi connectivity index (χ0) is 15.4. The van der Waals surface area contributed by atoms with Gasteiger partial charge in [0, 0.05) is 24.2 Å². The number of amidine groups is 1. The highest BCUT2D eigenvalue weighted by atomic mass is 35.5. The van der Waals surface area contributed by atoms with Crippen LogP contribution in [0.15, 0.2) is 47.6 Å². The van der Waals surface area contributed by atoms with Crippen molar-refractivity contribution in [1.82, 2.24) is 0 Å². The Kier molecular flexibility index (Phi) is 4.94. The minimum atomic E-state index is 0.0252. The molecule has 0 atom stereocenters. The number of nitrogens with zero attached hydrogens (tertiary/aromatic N) is 2. The van der Waals surface area contributed by atoms with Crippen LogP contribution in [0.4, 0.5) is 5.69 Å². The van der Waals surface area contributed by atoms with Crippen molar-refractivity contribution in [3.8, 4) is 0 Å². The van der Waals surface area contributed by atoms with E-state index in [-0.39, 0.29) is 5.84 Å². The quantitative estimate of drug-likeness (QED) is 0.390. The van der Waals surface area contributed by atoms with Crippen LogP contribution in [0.1, 0.15) is 11.1 Å². The molecule has 2 aromatic carbocycles. The molecule has 6 heteroatoms. The highest BCUT2D eigenvalue weighted by Gasteiger charge is 2.10. The molecular weight excluding hydrogens is 309 g/mol. The largest absolute Gasteiger partial charge is 0.409 e. The van der Waals surface area contributed by atoms with Gasteiger partial charge in [0.2, 0.25) is 0 Å². The Labute approximate surface area is 133 Å². The first-order chi connectivity index (χ1) is 10.0. The number of nitrogens with two attached hydrogens (primary N) is 1. The van der Waals surface area contributed by atoms with Crippen molar-refractivity contribution in [3.05, 3.63) is 63.6 Å². The minimum absolute atomic E-state index is 0.0252. The number of halogens is 2. The summed E-state index contributed by atoms with van der Waals surface area (Å²) in [6.45, 7) is 0.627. The summed E-state index contributed by atoms with van der Waals surface area (Å²) in [6, 6.07) is 12.9. The molecule has 0 aliphatic carbocycles. The van der Waals surface area contributed by atoms with Gasteiger partial charge in [-0.3, -0.25) is 0 Å². The second-order valence-electron chi connectivity index (χ2n) is 4.60. The Balaban J connectivity index is 2.24. The Hall–Kier alpha value is -1.91. The summed E-state index contributed by atoms with van der Waals surface area (Å²) in [6.07, 6.45) is 0. The van der Waals surface area contributed by atoms with Crippen molar-refractivity contribution in [1.29, 1.82) is 0 Å². The van der Waals surface area contributed by atoms with Gasteiger partial charge < -0.3 is 15.8 Å². The third-order valence-electron chi connectivity index (χ3n) is 3.13. The number of oxime groups is 1. The van der Waals surface area contributed by atoms with Gasteiger partial charge in [0.1, 0.15) is 0 Å². The van der Waals surface area contributed by atoms with Crippen molar-refractivity contribution in [2.75, 3.05) is 11.9 Å². The van der Waals surface area contributed by atoms with E-state index in [1.165, 1.54) is 0 Å². The molecule has 0 bridgehead atoms. The summed E-state index contributed by atoms with van der Waals surface area (Å²) < 4.78 is 0. The van der Waals surface area contributed by atoms with Crippen LogP contribution in [-0.2, 0) is 6.54 Å². The monoisotopic (exact) mass is 323 g/mol. The molecule has 0 aliphatic heterocycles. The maximum atomic E-state index is 8.68. The zero-order valence-corrected chi connectivity index (χ0v) is 12.9. The Bertz CT molecular complexity index is 674. The maximum Gasteiger partial charge on any atom is 0.170 e. The lowest BCUT2D eigenvalue weighted by molar-refractivity contribution is 0.318. The molecule has 0 heterocycles. The van der Waals surface area contributed by atoms with Crippen molar-refractivity contribution in [2.24, 2.45) is 10.9 Å². The molecule has 2 rings (SSSR count). The van der Waals surface area contributed by atoms with Gasteiger partial charge in [0.15, 0.2) is 5.84 Å². The summed E-state index contributed by atoms with van der Waals surface area (Å²) in [5, 5.41) is 12.9. The van der Waals surface area contributed by atoms with Crippen LogP contribution >= 0.6 is 23.2 Å². The fourth-order valence-electron chi connectivity index (χ4n) is 2.00. The molecule has 0 spiro atoms. The second-order valence-corrected chi connectivity index (χ2v) is 5.41. The molecular formula is C15H15Cl2N3O. The van der Waals surface area contributed by atoms with E-state index in [1.54, 1.807) is 12.1 Å². The first kappa shape index (κ1) is 15.5. The van der Waals surface area contributed by atoms with Gasteiger partial charge in [-0.15, -0.1) is 0 Å². The minimum Gasteiger partial charge on any atom is -0.409 e. The van der Waals surface area contributed by atoms with Gasteiger partial charge >= 0.3 is 0 Å². The van der Waals surface area contributed by atoms with Crippen LogP contribution < -0.4 is 10.6 Å². The van der Waals surface area contributed by atoms with E-state index in [0.29, 0.717) is 22.2 Å². The van der Waals surface area contributed by atoms with Gasteiger partial charge in [0.05, 0.1) is 10.7 Å². The SMILES string of the molecule is CN(Cc1ccccc1Cl)c1ccc(C(N)=NO)cc1Cl. The third kappa shape index (κ3) is 3.60. The van der Waals surface area contributed by atoms with E-state index in [2.05, 4.69) is 5.16 Å². The molecule has 0 aromatic heterocycles. The lowest BCUT2D eigenvalue weighted by atomic mass is 10.1. The van der Waals surface area contributed by atoms with Gasteiger partial charge in [0.25, 0.3) is 0 Å². The van der Waals surface area contributed by atoms with Crippen LogP contribution in [0.3, 0.4) is 0 Å². The van der Waals surface area contributed by atoms with E-state index in [0.717, 1.165) is 11.3 Å². The van der Waals surface area contributed by atoms with E-state index in [1.807, 2.05) is 42.3 Å². The number of hydrogen-bond acceptors (Lipinski definition) is 3. The maximum absolute atomic E-state index is 8.68. The number of anilines is 1. The summed E-state index contributed by atoms with van der Waals surface area (Å²) >= 11 is 12.4. The Morgan fingerprint density at radius 1 is 1.19 bits per heavy atom. The standard InChI is InChI=1S/C15H15Cl2N3O/c1-20(9-11-4-2-3-5-12(11)16)14-7-6-10(8-13(14)17)15(18)19-21/h2-8,21H,9H2,1H3,(H2,18,19). The molecule has 2 aromatic rings. The number of hydrogen-bond donors (Lipinski definition) is 2. The molecule has 110 valence electrons. The molecule has 0 radical (unpaired) electrons. The van der Waals surface area contributed by atoms with Gasteiger partial charge in [-0.2, -0.15) is 0 Å². The first-order valence-corrected chi connectivity index (χ1v) is 7.00. The summed E-state index contributed by atoms with van der Waals surface area (Å²) in [5.41, 5.74) is 7.96. The van der Waals surface area contributed by atoms with Crippen LogP contribution in [0, 0.1) is 0 Å². The normalized spacial score (nSPS) is 11.5. The summed E-state index contributed by atoms with van der Waals surface area (Å²) in [4.78, 5) is 1.99. The van der Waals surface area contributed by atoms with Gasteiger partial charge in [-0.25, -0.2) is 0 Å².